The quantitative estimate of drug-likeness (QED) is 0.678. The second-order valence-corrected chi connectivity index (χ2v) is 5.27. The minimum absolute atomic E-state index is 0.287. The van der Waals surface area contributed by atoms with E-state index in [2.05, 4.69) is 5.43 Å². The van der Waals surface area contributed by atoms with Crippen LogP contribution in [-0.2, 0) is 4.79 Å². The maximum Gasteiger partial charge on any atom is 0.228 e. The fraction of sp³-hybridized carbons (Fsp3) is 0.533. The lowest BCUT2D eigenvalue weighted by molar-refractivity contribution is -0.119. The normalized spacial score (nSPS) is 18.4. The molecule has 1 saturated carbocycles. The number of carbonyl (C=O) groups excluding carboxylic acids is 1. The van der Waals surface area contributed by atoms with Crippen LogP contribution in [0.15, 0.2) is 18.2 Å². The number of hydrazine groups is 1. The topological polar surface area (TPSA) is 50.8 Å². The highest BCUT2D eigenvalue weighted by Crippen LogP contribution is 2.33. The number of anilines is 1. The number of rotatable bonds is 4. The van der Waals surface area contributed by atoms with Gasteiger partial charge in [0, 0.05) is 6.07 Å². The van der Waals surface area contributed by atoms with Crippen molar-refractivity contribution in [3.05, 3.63) is 18.2 Å². The minimum atomic E-state index is 0.287. The van der Waals surface area contributed by atoms with Crippen LogP contribution in [0.5, 0.6) is 11.5 Å². The zero-order chi connectivity index (χ0) is 13.8. The van der Waals surface area contributed by atoms with E-state index >= 15 is 0 Å². The first kappa shape index (κ1) is 13.1. The first-order chi connectivity index (χ1) is 9.86. The molecule has 5 nitrogen and oxygen atoms in total. The lowest BCUT2D eigenvalue weighted by Crippen LogP contribution is -2.39. The molecule has 0 atom stereocenters. The summed E-state index contributed by atoms with van der Waals surface area (Å²) in [6.45, 7) is 1.15. The summed E-state index contributed by atoms with van der Waals surface area (Å²) in [4.78, 5) is 11.3. The van der Waals surface area contributed by atoms with Gasteiger partial charge in [-0.15, -0.1) is 0 Å². The highest BCUT2D eigenvalue weighted by Gasteiger charge is 2.20. The molecule has 20 heavy (non-hydrogen) atoms. The molecule has 1 aromatic rings. The highest BCUT2D eigenvalue weighted by molar-refractivity contribution is 5.59. The predicted octanol–water partition coefficient (Wildman–Crippen LogP) is 2.58. The minimum Gasteiger partial charge on any atom is -0.486 e. The van der Waals surface area contributed by atoms with Gasteiger partial charge in [0.2, 0.25) is 6.41 Å². The van der Waals surface area contributed by atoms with Gasteiger partial charge in [0.05, 0.1) is 11.7 Å². The summed E-state index contributed by atoms with van der Waals surface area (Å²) < 4.78 is 11.0. The fourth-order valence-corrected chi connectivity index (χ4v) is 2.82. The van der Waals surface area contributed by atoms with Gasteiger partial charge in [-0.05, 0) is 25.0 Å². The van der Waals surface area contributed by atoms with Gasteiger partial charge in [-0.1, -0.05) is 19.3 Å². The molecule has 1 amide bonds. The third-order valence-electron chi connectivity index (χ3n) is 3.88. The van der Waals surface area contributed by atoms with Crippen molar-refractivity contribution in [1.29, 1.82) is 0 Å². The van der Waals surface area contributed by atoms with Gasteiger partial charge in [0.1, 0.15) is 13.2 Å². The molecule has 1 aliphatic heterocycles. The summed E-state index contributed by atoms with van der Waals surface area (Å²) in [5.74, 6) is 1.49. The first-order valence-corrected chi connectivity index (χ1v) is 7.27. The monoisotopic (exact) mass is 276 g/mol. The molecule has 0 unspecified atom stereocenters. The van der Waals surface area contributed by atoms with Crippen molar-refractivity contribution < 1.29 is 14.3 Å². The summed E-state index contributed by atoms with van der Waals surface area (Å²) in [5, 5.41) is 1.69. The molecule has 0 spiro atoms. The molecule has 0 radical (unpaired) electrons. The smallest absolute Gasteiger partial charge is 0.228 e. The van der Waals surface area contributed by atoms with E-state index in [0.29, 0.717) is 13.2 Å². The van der Waals surface area contributed by atoms with E-state index < -0.39 is 0 Å². The van der Waals surface area contributed by atoms with Crippen LogP contribution in [-0.4, -0.2) is 30.7 Å². The molecule has 0 bridgehead atoms. The molecule has 1 heterocycles. The number of ether oxygens (including phenoxy) is 2. The van der Waals surface area contributed by atoms with E-state index in [1.54, 1.807) is 5.01 Å². The lowest BCUT2D eigenvalue weighted by Gasteiger charge is -2.32. The van der Waals surface area contributed by atoms with Crippen LogP contribution in [0.3, 0.4) is 0 Å². The van der Waals surface area contributed by atoms with Gasteiger partial charge in [-0.3, -0.25) is 15.2 Å². The Morgan fingerprint density at radius 1 is 1.10 bits per heavy atom. The van der Waals surface area contributed by atoms with Crippen LogP contribution in [0, 0.1) is 0 Å². The number of hydrogen-bond donors (Lipinski definition) is 1. The molecule has 0 aromatic heterocycles. The summed E-state index contributed by atoms with van der Waals surface area (Å²) in [7, 11) is 0. The van der Waals surface area contributed by atoms with Crippen molar-refractivity contribution in [2.45, 2.75) is 38.1 Å². The third-order valence-corrected chi connectivity index (χ3v) is 3.88. The average Bonchev–Trinajstić information content (AvgIpc) is 2.53. The lowest BCUT2D eigenvalue weighted by atomic mass is 9.95. The summed E-state index contributed by atoms with van der Waals surface area (Å²) in [6.07, 6.45) is 6.67. The zero-order valence-corrected chi connectivity index (χ0v) is 11.5. The van der Waals surface area contributed by atoms with E-state index in [-0.39, 0.29) is 6.04 Å². The zero-order valence-electron chi connectivity index (χ0n) is 11.5. The molecule has 0 saturated heterocycles. The number of carbonyl (C=O) groups is 1. The fourth-order valence-electron chi connectivity index (χ4n) is 2.82. The second kappa shape index (κ2) is 6.03. The van der Waals surface area contributed by atoms with Crippen molar-refractivity contribution in [3.8, 4) is 11.5 Å². The summed E-state index contributed by atoms with van der Waals surface area (Å²) >= 11 is 0. The van der Waals surface area contributed by atoms with Gasteiger partial charge in [-0.25, -0.2) is 0 Å². The van der Waals surface area contributed by atoms with Crippen molar-refractivity contribution in [2.75, 3.05) is 18.6 Å². The molecule has 1 aromatic carbocycles. The van der Waals surface area contributed by atoms with Crippen molar-refractivity contribution >= 4 is 12.1 Å². The van der Waals surface area contributed by atoms with E-state index in [0.717, 1.165) is 36.4 Å². The Kier molecular flexibility index (Phi) is 3.95. The molecule has 3 rings (SSSR count). The van der Waals surface area contributed by atoms with Crippen LogP contribution in [0.1, 0.15) is 32.1 Å². The van der Waals surface area contributed by atoms with E-state index in [1.807, 2.05) is 18.2 Å². The summed E-state index contributed by atoms with van der Waals surface area (Å²) in [6, 6.07) is 5.95. The van der Waals surface area contributed by atoms with Crippen molar-refractivity contribution in [1.82, 2.24) is 5.01 Å². The van der Waals surface area contributed by atoms with Crippen LogP contribution >= 0.6 is 0 Å². The third kappa shape index (κ3) is 2.81. The molecular formula is C15H20N2O3. The SMILES string of the molecule is O=CN(Nc1ccc2c(c1)OCCO2)C1CCCCC1. The van der Waals surface area contributed by atoms with Crippen LogP contribution in [0.2, 0.25) is 0 Å². The maximum absolute atomic E-state index is 11.3. The Morgan fingerprint density at radius 3 is 2.60 bits per heavy atom. The Balaban J connectivity index is 1.70. The van der Waals surface area contributed by atoms with Gasteiger partial charge < -0.3 is 9.47 Å². The molecule has 1 N–H and O–H groups in total. The number of hydrogen-bond acceptors (Lipinski definition) is 4. The number of benzene rings is 1. The number of amides is 1. The van der Waals surface area contributed by atoms with Crippen LogP contribution < -0.4 is 14.9 Å². The molecule has 1 fully saturated rings. The largest absolute Gasteiger partial charge is 0.486 e. The highest BCUT2D eigenvalue weighted by atomic mass is 16.6. The average molecular weight is 276 g/mol. The van der Waals surface area contributed by atoms with Gasteiger partial charge in [0.15, 0.2) is 11.5 Å². The van der Waals surface area contributed by atoms with Gasteiger partial charge in [0.25, 0.3) is 0 Å². The summed E-state index contributed by atoms with van der Waals surface area (Å²) in [5.41, 5.74) is 4.03. The van der Waals surface area contributed by atoms with E-state index in [4.69, 9.17) is 9.47 Å². The van der Waals surface area contributed by atoms with Crippen LogP contribution in [0.25, 0.3) is 0 Å². The number of nitrogens with one attached hydrogen (secondary N) is 1. The first-order valence-electron chi connectivity index (χ1n) is 7.27. The van der Waals surface area contributed by atoms with E-state index in [9.17, 15) is 4.79 Å². The van der Waals surface area contributed by atoms with Crippen molar-refractivity contribution in [3.63, 3.8) is 0 Å². The number of nitrogens with zero attached hydrogens (tertiary/aromatic N) is 1. The number of fused-ring (bicyclic) bond motifs is 1. The van der Waals surface area contributed by atoms with E-state index in [1.165, 1.54) is 19.3 Å². The standard InChI is InChI=1S/C15H20N2O3/c18-11-17(13-4-2-1-3-5-13)16-12-6-7-14-15(10-12)20-9-8-19-14/h6-7,10-11,13,16H,1-5,8-9H2. The Hall–Kier alpha value is -1.91. The molecular weight excluding hydrogens is 256 g/mol. The molecule has 1 aliphatic carbocycles. The van der Waals surface area contributed by atoms with Gasteiger partial charge in [-0.2, -0.15) is 0 Å². The molecule has 5 heteroatoms. The van der Waals surface area contributed by atoms with Crippen molar-refractivity contribution in [2.24, 2.45) is 0 Å². The van der Waals surface area contributed by atoms with Gasteiger partial charge >= 0.3 is 0 Å². The Bertz CT molecular complexity index is 472. The molecule has 108 valence electrons. The molecule has 2 aliphatic rings. The Labute approximate surface area is 118 Å². The van der Waals surface area contributed by atoms with Crippen LogP contribution in [0.4, 0.5) is 5.69 Å². The predicted molar refractivity (Wildman–Crippen MR) is 75.8 cm³/mol. The maximum atomic E-state index is 11.3. The Morgan fingerprint density at radius 2 is 1.85 bits per heavy atom. The second-order valence-electron chi connectivity index (χ2n) is 5.27.